The van der Waals surface area contributed by atoms with Crippen molar-refractivity contribution in [1.29, 1.82) is 5.26 Å². The van der Waals surface area contributed by atoms with Gasteiger partial charge < -0.3 is 4.90 Å². The molecule has 3 heteroatoms. The van der Waals surface area contributed by atoms with Crippen LogP contribution in [0.1, 0.15) is 52.9 Å². The molecule has 0 bridgehead atoms. The van der Waals surface area contributed by atoms with Gasteiger partial charge in [-0.25, -0.2) is 0 Å². The zero-order chi connectivity index (χ0) is 13.2. The Balaban J connectivity index is 2.01. The molecule has 1 heterocycles. The van der Waals surface area contributed by atoms with E-state index < -0.39 is 0 Å². The van der Waals surface area contributed by atoms with Crippen molar-refractivity contribution in [3.05, 3.63) is 0 Å². The molecule has 1 saturated carbocycles. The number of nitrogens with zero attached hydrogens (tertiary/aromatic N) is 2. The fraction of sp³-hybridized carbons (Fsp3) is 0.933. The lowest BCUT2D eigenvalue weighted by atomic mass is 9.79. The molecule has 3 unspecified atom stereocenters. The molecule has 1 saturated heterocycles. The van der Waals surface area contributed by atoms with Gasteiger partial charge in [0.2, 0.25) is 0 Å². The summed E-state index contributed by atoms with van der Waals surface area (Å²) in [6, 6.07) is 3.59. The van der Waals surface area contributed by atoms with Crippen molar-refractivity contribution in [2.24, 2.45) is 5.92 Å². The van der Waals surface area contributed by atoms with Crippen LogP contribution in [-0.2, 0) is 0 Å². The van der Waals surface area contributed by atoms with E-state index in [-0.39, 0.29) is 5.54 Å². The molecular weight excluding hydrogens is 222 g/mol. The van der Waals surface area contributed by atoms with E-state index in [1.165, 1.54) is 32.4 Å². The van der Waals surface area contributed by atoms with Gasteiger partial charge in [-0.1, -0.05) is 6.92 Å². The Labute approximate surface area is 112 Å². The number of nitriles is 1. The minimum absolute atomic E-state index is 0.275. The van der Waals surface area contributed by atoms with Crippen molar-refractivity contribution in [2.75, 3.05) is 13.1 Å². The summed E-state index contributed by atoms with van der Waals surface area (Å²) in [4.78, 5) is 2.62. The first-order valence-corrected chi connectivity index (χ1v) is 7.48. The van der Waals surface area contributed by atoms with Gasteiger partial charge >= 0.3 is 0 Å². The largest absolute Gasteiger partial charge is 0.300 e. The van der Waals surface area contributed by atoms with Crippen LogP contribution >= 0.6 is 0 Å². The quantitative estimate of drug-likeness (QED) is 0.835. The maximum Gasteiger partial charge on any atom is 0.108 e. The Kier molecular flexibility index (Phi) is 4.29. The highest BCUT2D eigenvalue weighted by Crippen LogP contribution is 2.33. The number of likely N-dealkylation sites (tertiary alicyclic amines) is 1. The van der Waals surface area contributed by atoms with Crippen LogP contribution in [0.2, 0.25) is 0 Å². The number of hydrogen-bond acceptors (Lipinski definition) is 3. The van der Waals surface area contributed by atoms with Crippen molar-refractivity contribution >= 4 is 0 Å². The molecule has 0 aromatic carbocycles. The maximum absolute atomic E-state index is 9.57. The van der Waals surface area contributed by atoms with Crippen LogP contribution < -0.4 is 5.32 Å². The SMILES string of the molecule is CC1CCN(C2CCCC(C#N)(NC(C)C)C2)C1. The molecule has 2 aliphatic rings. The molecule has 0 spiro atoms. The molecule has 1 N–H and O–H groups in total. The Hall–Kier alpha value is -0.590. The fourth-order valence-electron chi connectivity index (χ4n) is 3.68. The molecule has 3 atom stereocenters. The predicted molar refractivity (Wildman–Crippen MR) is 74.2 cm³/mol. The van der Waals surface area contributed by atoms with Crippen molar-refractivity contribution in [2.45, 2.75) is 70.5 Å². The van der Waals surface area contributed by atoms with E-state index in [0.29, 0.717) is 12.1 Å². The predicted octanol–water partition coefficient (Wildman–Crippen LogP) is 2.53. The Bertz CT molecular complexity index is 320. The molecule has 0 amide bonds. The summed E-state index contributed by atoms with van der Waals surface area (Å²) in [6.07, 6.45) is 5.81. The minimum Gasteiger partial charge on any atom is -0.300 e. The third-order valence-electron chi connectivity index (χ3n) is 4.48. The maximum atomic E-state index is 9.57. The molecule has 2 fully saturated rings. The fourth-order valence-corrected chi connectivity index (χ4v) is 3.68. The van der Waals surface area contributed by atoms with Crippen molar-refractivity contribution in [3.63, 3.8) is 0 Å². The molecule has 2 rings (SSSR count). The summed E-state index contributed by atoms with van der Waals surface area (Å²) in [5.74, 6) is 0.835. The van der Waals surface area contributed by atoms with Crippen LogP contribution in [0.3, 0.4) is 0 Å². The third-order valence-corrected chi connectivity index (χ3v) is 4.48. The van der Waals surface area contributed by atoms with Gasteiger partial charge in [0.1, 0.15) is 5.54 Å². The van der Waals surface area contributed by atoms with Crippen LogP contribution in [0.25, 0.3) is 0 Å². The summed E-state index contributed by atoms with van der Waals surface area (Å²) >= 11 is 0. The summed E-state index contributed by atoms with van der Waals surface area (Å²) in [7, 11) is 0. The molecule has 0 aromatic rings. The second kappa shape index (κ2) is 5.59. The van der Waals surface area contributed by atoms with Gasteiger partial charge in [-0.05, 0) is 58.4 Å². The second-order valence-corrected chi connectivity index (χ2v) is 6.63. The molecule has 0 aromatic heterocycles. The first-order valence-electron chi connectivity index (χ1n) is 7.48. The summed E-state index contributed by atoms with van der Waals surface area (Å²) in [6.45, 7) is 9.08. The standard InChI is InChI=1S/C15H27N3/c1-12(2)17-15(11-16)7-4-5-14(9-15)18-8-6-13(3)10-18/h12-14,17H,4-10H2,1-3H3. The minimum atomic E-state index is -0.275. The monoisotopic (exact) mass is 249 g/mol. The lowest BCUT2D eigenvalue weighted by Crippen LogP contribution is -2.54. The van der Waals surface area contributed by atoms with Crippen LogP contribution in [0.15, 0.2) is 0 Å². The highest BCUT2D eigenvalue weighted by atomic mass is 15.2. The highest BCUT2D eigenvalue weighted by Gasteiger charge is 2.39. The number of rotatable bonds is 3. The van der Waals surface area contributed by atoms with E-state index in [9.17, 15) is 5.26 Å². The zero-order valence-corrected chi connectivity index (χ0v) is 12.1. The molecule has 1 aliphatic heterocycles. The molecule has 0 radical (unpaired) electrons. The molecular formula is C15H27N3. The first kappa shape index (κ1) is 13.8. The van der Waals surface area contributed by atoms with Crippen LogP contribution in [0, 0.1) is 17.2 Å². The van der Waals surface area contributed by atoms with Crippen molar-refractivity contribution < 1.29 is 0 Å². The van der Waals surface area contributed by atoms with E-state index >= 15 is 0 Å². The van der Waals surface area contributed by atoms with E-state index in [0.717, 1.165) is 18.8 Å². The smallest absolute Gasteiger partial charge is 0.108 e. The Morgan fingerprint density at radius 3 is 2.72 bits per heavy atom. The molecule has 3 nitrogen and oxygen atoms in total. The lowest BCUT2D eigenvalue weighted by Gasteiger charge is -2.41. The van der Waals surface area contributed by atoms with Crippen molar-refractivity contribution in [3.8, 4) is 6.07 Å². The normalized spacial score (nSPS) is 37.9. The number of nitrogens with one attached hydrogen (secondary N) is 1. The third kappa shape index (κ3) is 3.05. The average molecular weight is 249 g/mol. The number of hydrogen-bond donors (Lipinski definition) is 1. The van der Waals surface area contributed by atoms with E-state index in [2.05, 4.69) is 37.1 Å². The van der Waals surface area contributed by atoms with Gasteiger partial charge in [-0.2, -0.15) is 5.26 Å². The lowest BCUT2D eigenvalue weighted by molar-refractivity contribution is 0.136. The van der Waals surface area contributed by atoms with E-state index in [1.54, 1.807) is 0 Å². The average Bonchev–Trinajstić information content (AvgIpc) is 2.75. The molecule has 18 heavy (non-hydrogen) atoms. The molecule has 1 aliphatic carbocycles. The summed E-state index contributed by atoms with van der Waals surface area (Å²) in [5.41, 5.74) is -0.275. The van der Waals surface area contributed by atoms with Crippen LogP contribution in [0.5, 0.6) is 0 Å². The Morgan fingerprint density at radius 2 is 2.17 bits per heavy atom. The molecule has 102 valence electrons. The van der Waals surface area contributed by atoms with Gasteiger partial charge in [0.15, 0.2) is 0 Å². The van der Waals surface area contributed by atoms with E-state index in [4.69, 9.17) is 0 Å². The first-order chi connectivity index (χ1) is 8.54. The Morgan fingerprint density at radius 1 is 1.39 bits per heavy atom. The summed E-state index contributed by atoms with van der Waals surface area (Å²) in [5, 5.41) is 13.1. The van der Waals surface area contributed by atoms with Crippen LogP contribution in [-0.4, -0.2) is 35.6 Å². The zero-order valence-electron chi connectivity index (χ0n) is 12.1. The van der Waals surface area contributed by atoms with Crippen molar-refractivity contribution in [1.82, 2.24) is 10.2 Å². The van der Waals surface area contributed by atoms with Gasteiger partial charge in [-0.3, -0.25) is 5.32 Å². The highest BCUT2D eigenvalue weighted by molar-refractivity contribution is 5.12. The van der Waals surface area contributed by atoms with Gasteiger partial charge in [0.05, 0.1) is 6.07 Å². The summed E-state index contributed by atoms with van der Waals surface area (Å²) < 4.78 is 0. The topological polar surface area (TPSA) is 39.1 Å². The van der Waals surface area contributed by atoms with Gasteiger partial charge in [0, 0.05) is 18.6 Å². The van der Waals surface area contributed by atoms with E-state index in [1.807, 2.05) is 0 Å². The second-order valence-electron chi connectivity index (χ2n) is 6.63. The van der Waals surface area contributed by atoms with Gasteiger partial charge in [-0.15, -0.1) is 0 Å². The van der Waals surface area contributed by atoms with Crippen LogP contribution in [0.4, 0.5) is 0 Å². The van der Waals surface area contributed by atoms with Gasteiger partial charge in [0.25, 0.3) is 0 Å².